The molecule has 288 valence electrons. The van der Waals surface area contributed by atoms with E-state index < -0.39 is 5.41 Å². The third-order valence-electron chi connectivity index (χ3n) is 14.5. The Labute approximate surface area is 360 Å². The first-order chi connectivity index (χ1) is 30.5. The molecule has 62 heavy (non-hydrogen) atoms. The average molecular weight is 788 g/mol. The van der Waals surface area contributed by atoms with Crippen LogP contribution in [0.25, 0.3) is 101 Å². The Hall–Kier alpha value is -7.75. The van der Waals surface area contributed by atoms with E-state index in [1.54, 1.807) is 0 Å². The van der Waals surface area contributed by atoms with Gasteiger partial charge < -0.3 is 0 Å². The van der Waals surface area contributed by atoms with Crippen LogP contribution >= 0.6 is 0 Å². The fourth-order valence-corrected chi connectivity index (χ4v) is 11.8. The molecule has 3 heteroatoms. The van der Waals surface area contributed by atoms with Crippen molar-refractivity contribution in [3.05, 3.63) is 221 Å². The Kier molecular flexibility index (Phi) is 6.56. The van der Waals surface area contributed by atoms with Gasteiger partial charge in [0.05, 0.1) is 5.41 Å². The van der Waals surface area contributed by atoms with E-state index >= 15 is 0 Å². The lowest BCUT2D eigenvalue weighted by molar-refractivity contribution is 0.660. The molecule has 0 fully saturated rings. The molecule has 4 aliphatic rings. The Morgan fingerprint density at radius 2 is 0.790 bits per heavy atom. The third kappa shape index (κ3) is 4.22. The first kappa shape index (κ1) is 34.0. The SMILES string of the molecule is CC1(C)c2ccccc2-c2ccc(-c3nc(-c4ccccc4)nc(-c4ccc5c(c4)C4(c6ccccc6-5)c5ccccc5-c5c4cc4c6c(cccc56)-c5ccccc5-4)n3)cc21. The summed E-state index contributed by atoms with van der Waals surface area (Å²) in [6.07, 6.45) is 0. The molecule has 4 aliphatic carbocycles. The maximum atomic E-state index is 5.38. The van der Waals surface area contributed by atoms with Crippen LogP contribution in [-0.2, 0) is 10.8 Å². The smallest absolute Gasteiger partial charge is 0.164 e. The summed E-state index contributed by atoms with van der Waals surface area (Å²) < 4.78 is 0. The van der Waals surface area contributed by atoms with Crippen molar-refractivity contribution >= 4 is 10.8 Å². The molecule has 1 unspecified atom stereocenters. The van der Waals surface area contributed by atoms with Crippen molar-refractivity contribution < 1.29 is 0 Å². The minimum atomic E-state index is -0.551. The topological polar surface area (TPSA) is 38.7 Å². The number of hydrogen-bond acceptors (Lipinski definition) is 3. The summed E-state index contributed by atoms with van der Waals surface area (Å²) in [5.41, 5.74) is 23.1. The number of nitrogens with zero attached hydrogens (tertiary/aromatic N) is 3. The molecule has 1 spiro atoms. The van der Waals surface area contributed by atoms with Crippen molar-refractivity contribution in [2.75, 3.05) is 0 Å². The van der Waals surface area contributed by atoms with Crippen LogP contribution in [0.5, 0.6) is 0 Å². The van der Waals surface area contributed by atoms with E-state index in [1.165, 1.54) is 99.8 Å². The molecule has 1 atom stereocenters. The second-order valence-corrected chi connectivity index (χ2v) is 17.8. The summed E-state index contributed by atoms with van der Waals surface area (Å²) in [5.74, 6) is 1.99. The summed E-state index contributed by atoms with van der Waals surface area (Å²) in [6, 6.07) is 69.3. The molecule has 0 radical (unpaired) electrons. The molecule has 9 aromatic carbocycles. The monoisotopic (exact) mass is 787 g/mol. The molecular formula is C59H37N3. The minimum absolute atomic E-state index is 0.147. The van der Waals surface area contributed by atoms with Gasteiger partial charge in [-0.3, -0.25) is 0 Å². The van der Waals surface area contributed by atoms with Crippen LogP contribution in [0.15, 0.2) is 188 Å². The lowest BCUT2D eigenvalue weighted by Crippen LogP contribution is -2.26. The Bertz CT molecular complexity index is 3620. The van der Waals surface area contributed by atoms with Crippen LogP contribution in [0.2, 0.25) is 0 Å². The highest BCUT2D eigenvalue weighted by atomic mass is 15.0. The van der Waals surface area contributed by atoms with Gasteiger partial charge in [-0.2, -0.15) is 0 Å². The highest BCUT2D eigenvalue weighted by molar-refractivity contribution is 6.21. The molecule has 10 aromatic rings. The lowest BCUT2D eigenvalue weighted by Gasteiger charge is -2.31. The van der Waals surface area contributed by atoms with Gasteiger partial charge in [0.1, 0.15) is 0 Å². The van der Waals surface area contributed by atoms with Crippen LogP contribution in [-0.4, -0.2) is 15.0 Å². The van der Waals surface area contributed by atoms with Crippen LogP contribution in [0.3, 0.4) is 0 Å². The zero-order valence-corrected chi connectivity index (χ0v) is 34.2. The summed E-state index contributed by atoms with van der Waals surface area (Å²) in [5, 5.41) is 2.66. The second-order valence-electron chi connectivity index (χ2n) is 17.8. The molecule has 0 saturated heterocycles. The van der Waals surface area contributed by atoms with E-state index in [4.69, 9.17) is 15.0 Å². The molecule has 1 aromatic heterocycles. The summed E-state index contributed by atoms with van der Waals surface area (Å²) in [6.45, 7) is 4.64. The first-order valence-corrected chi connectivity index (χ1v) is 21.6. The standard InChI is InChI=1S/C59H37N3/c1-58(2)47-24-11-8-19-39(47)41-29-27-35(31-50(41)58)56-60-55(34-15-4-3-5-16-34)61-57(62-56)36-28-30-42-40-20-9-12-25-48(40)59(51(42)32-36)49-26-13-10-21-44(49)54-45-23-14-22-43-37-17-6-7-18-38(37)46(53(43)45)33-52(54)59/h3-33H,1-2H3. The second kappa shape index (κ2) is 12.0. The van der Waals surface area contributed by atoms with Crippen molar-refractivity contribution in [2.24, 2.45) is 0 Å². The normalized spacial score (nSPS) is 16.1. The predicted octanol–water partition coefficient (Wildman–Crippen LogP) is 14.3. The number of hydrogen-bond donors (Lipinski definition) is 0. The van der Waals surface area contributed by atoms with Gasteiger partial charge in [0.15, 0.2) is 17.5 Å². The van der Waals surface area contributed by atoms with Gasteiger partial charge in [0.2, 0.25) is 0 Å². The number of aromatic nitrogens is 3. The molecular weight excluding hydrogens is 751 g/mol. The van der Waals surface area contributed by atoms with Crippen molar-refractivity contribution in [3.63, 3.8) is 0 Å². The van der Waals surface area contributed by atoms with Crippen LogP contribution in [0, 0.1) is 0 Å². The van der Waals surface area contributed by atoms with Gasteiger partial charge in [-0.25, -0.2) is 15.0 Å². The number of benzene rings is 9. The highest BCUT2D eigenvalue weighted by Crippen LogP contribution is 2.66. The van der Waals surface area contributed by atoms with Crippen LogP contribution < -0.4 is 0 Å². The van der Waals surface area contributed by atoms with Crippen molar-refractivity contribution in [2.45, 2.75) is 24.7 Å². The van der Waals surface area contributed by atoms with E-state index in [-0.39, 0.29) is 5.41 Å². The van der Waals surface area contributed by atoms with Gasteiger partial charge in [0.25, 0.3) is 0 Å². The quantitative estimate of drug-likeness (QED) is 0.179. The summed E-state index contributed by atoms with van der Waals surface area (Å²) >= 11 is 0. The molecule has 14 rings (SSSR count). The van der Waals surface area contributed by atoms with E-state index in [9.17, 15) is 0 Å². The van der Waals surface area contributed by atoms with Crippen LogP contribution in [0.1, 0.15) is 47.2 Å². The maximum absolute atomic E-state index is 5.38. The number of rotatable bonds is 3. The average Bonchev–Trinajstić information content (AvgIpc) is 4.00. The lowest BCUT2D eigenvalue weighted by atomic mass is 9.70. The Morgan fingerprint density at radius 3 is 1.48 bits per heavy atom. The van der Waals surface area contributed by atoms with Gasteiger partial charge in [0, 0.05) is 22.1 Å². The summed E-state index contributed by atoms with van der Waals surface area (Å²) in [7, 11) is 0. The Balaban J connectivity index is 1.02. The van der Waals surface area contributed by atoms with E-state index in [1.807, 2.05) is 6.07 Å². The largest absolute Gasteiger partial charge is 0.208 e. The highest BCUT2D eigenvalue weighted by Gasteiger charge is 2.53. The fraction of sp³-hybridized carbons (Fsp3) is 0.0678. The van der Waals surface area contributed by atoms with E-state index in [0.29, 0.717) is 17.5 Å². The van der Waals surface area contributed by atoms with E-state index in [2.05, 4.69) is 196 Å². The third-order valence-corrected chi connectivity index (χ3v) is 14.5. The molecule has 0 N–H and O–H groups in total. The van der Waals surface area contributed by atoms with Gasteiger partial charge in [-0.15, -0.1) is 0 Å². The zero-order chi connectivity index (χ0) is 40.9. The van der Waals surface area contributed by atoms with Gasteiger partial charge in [-0.05, 0) is 118 Å². The van der Waals surface area contributed by atoms with Crippen molar-refractivity contribution in [3.8, 4) is 89.8 Å². The van der Waals surface area contributed by atoms with Crippen LogP contribution in [0.4, 0.5) is 0 Å². The molecule has 0 saturated carbocycles. The number of fused-ring (bicyclic) bond motifs is 17. The van der Waals surface area contributed by atoms with Gasteiger partial charge in [-0.1, -0.05) is 184 Å². The van der Waals surface area contributed by atoms with Crippen molar-refractivity contribution in [1.82, 2.24) is 15.0 Å². The molecule has 3 nitrogen and oxygen atoms in total. The minimum Gasteiger partial charge on any atom is -0.208 e. The Morgan fingerprint density at radius 1 is 0.306 bits per heavy atom. The van der Waals surface area contributed by atoms with Gasteiger partial charge >= 0.3 is 0 Å². The molecule has 0 amide bonds. The molecule has 0 bridgehead atoms. The van der Waals surface area contributed by atoms with E-state index in [0.717, 1.165) is 16.7 Å². The maximum Gasteiger partial charge on any atom is 0.164 e. The molecule has 1 heterocycles. The molecule has 0 aliphatic heterocycles. The first-order valence-electron chi connectivity index (χ1n) is 21.6. The zero-order valence-electron chi connectivity index (χ0n) is 34.2. The van der Waals surface area contributed by atoms with Crippen molar-refractivity contribution in [1.29, 1.82) is 0 Å². The fourth-order valence-electron chi connectivity index (χ4n) is 11.8. The predicted molar refractivity (Wildman–Crippen MR) is 252 cm³/mol. The summed E-state index contributed by atoms with van der Waals surface area (Å²) in [4.78, 5) is 15.9.